The van der Waals surface area contributed by atoms with Crippen LogP contribution in [0.4, 0.5) is 5.69 Å². The van der Waals surface area contributed by atoms with Gasteiger partial charge in [0, 0.05) is 24.8 Å². The van der Waals surface area contributed by atoms with Gasteiger partial charge in [0.15, 0.2) is 0 Å². The summed E-state index contributed by atoms with van der Waals surface area (Å²) in [7, 11) is -3.21. The van der Waals surface area contributed by atoms with Gasteiger partial charge in [-0.3, -0.25) is 4.79 Å². The first-order valence-electron chi connectivity index (χ1n) is 7.58. The third-order valence-electron chi connectivity index (χ3n) is 3.95. The maximum atomic E-state index is 12.8. The van der Waals surface area contributed by atoms with Crippen LogP contribution in [0.25, 0.3) is 0 Å². The quantitative estimate of drug-likeness (QED) is 0.785. The molecule has 23 heavy (non-hydrogen) atoms. The van der Waals surface area contributed by atoms with Crippen LogP contribution in [0.5, 0.6) is 0 Å². The van der Waals surface area contributed by atoms with E-state index in [9.17, 15) is 13.2 Å². The molecule has 128 valence electrons. The van der Waals surface area contributed by atoms with Gasteiger partial charge in [-0.2, -0.15) is 0 Å². The summed E-state index contributed by atoms with van der Waals surface area (Å²) < 4.78 is 24.8. The van der Waals surface area contributed by atoms with E-state index in [0.717, 1.165) is 25.5 Å². The fourth-order valence-electron chi connectivity index (χ4n) is 2.84. The van der Waals surface area contributed by atoms with E-state index < -0.39 is 10.0 Å². The number of halogens is 1. The lowest BCUT2D eigenvalue weighted by Crippen LogP contribution is -2.45. The molecule has 1 atom stereocenters. The third-order valence-corrected chi connectivity index (χ3v) is 4.99. The van der Waals surface area contributed by atoms with Crippen LogP contribution in [0.2, 0.25) is 5.02 Å². The molecule has 1 amide bonds. The second-order valence-corrected chi connectivity index (χ2v) is 8.08. The van der Waals surface area contributed by atoms with Gasteiger partial charge in [0.2, 0.25) is 10.0 Å². The summed E-state index contributed by atoms with van der Waals surface area (Å²) in [6.07, 6.45) is 4.55. The first kappa shape index (κ1) is 18.0. The molecule has 1 aliphatic heterocycles. The molecule has 3 N–H and O–H groups in total. The number of piperidine rings is 1. The zero-order valence-electron chi connectivity index (χ0n) is 13.1. The Balaban J connectivity index is 2.09. The van der Waals surface area contributed by atoms with Gasteiger partial charge in [0.25, 0.3) is 5.91 Å². The highest BCUT2D eigenvalue weighted by atomic mass is 35.5. The average Bonchev–Trinajstić information content (AvgIpc) is 2.46. The maximum absolute atomic E-state index is 12.8. The highest BCUT2D eigenvalue weighted by Gasteiger charge is 2.28. The number of hydrogen-bond acceptors (Lipinski definition) is 4. The van der Waals surface area contributed by atoms with E-state index in [1.165, 1.54) is 0 Å². The smallest absolute Gasteiger partial charge is 0.255 e. The monoisotopic (exact) mass is 359 g/mol. The van der Waals surface area contributed by atoms with E-state index in [-0.39, 0.29) is 11.9 Å². The molecule has 1 saturated heterocycles. The Labute approximate surface area is 142 Å². The average molecular weight is 360 g/mol. The molecule has 0 aliphatic carbocycles. The lowest BCUT2D eigenvalue weighted by Gasteiger charge is -2.36. The minimum atomic E-state index is -3.21. The normalized spacial score (nSPS) is 18.9. The number of nitrogen functional groups attached to an aromatic ring is 1. The van der Waals surface area contributed by atoms with Gasteiger partial charge >= 0.3 is 0 Å². The zero-order chi connectivity index (χ0) is 17.0. The number of hydrogen-bond donors (Lipinski definition) is 2. The molecule has 0 aromatic heterocycles. The molecule has 1 aromatic rings. The van der Waals surface area contributed by atoms with Gasteiger partial charge < -0.3 is 10.6 Å². The lowest BCUT2D eigenvalue weighted by molar-refractivity contribution is 0.0604. The van der Waals surface area contributed by atoms with Crippen LogP contribution in [0.15, 0.2) is 18.2 Å². The number of carbonyl (C=O) groups excluding carboxylic acids is 1. The molecular formula is C15H22ClN3O3S. The summed E-state index contributed by atoms with van der Waals surface area (Å²) in [4.78, 5) is 14.6. The molecule has 6 nitrogen and oxygen atoms in total. The van der Waals surface area contributed by atoms with E-state index in [1.807, 2.05) is 0 Å². The van der Waals surface area contributed by atoms with Crippen molar-refractivity contribution in [1.29, 1.82) is 0 Å². The molecular weight excluding hydrogens is 338 g/mol. The van der Waals surface area contributed by atoms with Crippen molar-refractivity contribution in [1.82, 2.24) is 9.62 Å². The maximum Gasteiger partial charge on any atom is 0.255 e. The number of nitrogens with one attached hydrogen (secondary N) is 1. The van der Waals surface area contributed by atoms with Crippen LogP contribution < -0.4 is 10.5 Å². The first-order chi connectivity index (χ1) is 10.8. The fraction of sp³-hybridized carbons (Fsp3) is 0.533. The number of nitrogens with two attached hydrogens (primary N) is 1. The summed E-state index contributed by atoms with van der Waals surface area (Å²) >= 11 is 6.14. The van der Waals surface area contributed by atoms with Crippen molar-refractivity contribution in [2.24, 2.45) is 0 Å². The van der Waals surface area contributed by atoms with Crippen LogP contribution >= 0.6 is 11.6 Å². The second kappa shape index (κ2) is 7.51. The summed E-state index contributed by atoms with van der Waals surface area (Å²) in [5.74, 6) is -0.126. The van der Waals surface area contributed by atoms with Crippen LogP contribution in [0.3, 0.4) is 0 Å². The fourth-order valence-corrected chi connectivity index (χ4v) is 3.60. The molecule has 1 heterocycles. The van der Waals surface area contributed by atoms with Crippen molar-refractivity contribution >= 4 is 33.2 Å². The van der Waals surface area contributed by atoms with Crippen LogP contribution in [0, 0.1) is 0 Å². The molecule has 2 rings (SSSR count). The van der Waals surface area contributed by atoms with E-state index >= 15 is 0 Å². The highest BCUT2D eigenvalue weighted by molar-refractivity contribution is 7.88. The second-order valence-electron chi connectivity index (χ2n) is 5.84. The summed E-state index contributed by atoms with van der Waals surface area (Å²) in [6, 6.07) is 4.88. The number of likely N-dealkylation sites (tertiary alicyclic amines) is 1. The molecule has 0 saturated carbocycles. The molecule has 0 radical (unpaired) electrons. The highest BCUT2D eigenvalue weighted by Crippen LogP contribution is 2.26. The number of amides is 1. The zero-order valence-corrected chi connectivity index (χ0v) is 14.7. The van der Waals surface area contributed by atoms with Gasteiger partial charge in [-0.25, -0.2) is 13.1 Å². The Bertz CT molecular complexity index is 679. The molecule has 1 aromatic carbocycles. The molecule has 1 aliphatic rings. The van der Waals surface area contributed by atoms with Crippen LogP contribution in [0.1, 0.15) is 36.0 Å². The number of nitrogens with zero attached hydrogens (tertiary/aromatic N) is 1. The predicted molar refractivity (Wildman–Crippen MR) is 92.0 cm³/mol. The van der Waals surface area contributed by atoms with E-state index in [2.05, 4.69) is 4.72 Å². The van der Waals surface area contributed by atoms with Crippen molar-refractivity contribution in [3.05, 3.63) is 28.8 Å². The Morgan fingerprint density at radius 3 is 2.83 bits per heavy atom. The van der Waals surface area contributed by atoms with Gasteiger partial charge in [-0.05, 0) is 43.9 Å². The molecule has 8 heteroatoms. The van der Waals surface area contributed by atoms with Crippen LogP contribution in [-0.2, 0) is 10.0 Å². The Hall–Kier alpha value is -1.31. The van der Waals surface area contributed by atoms with Crippen molar-refractivity contribution in [3.63, 3.8) is 0 Å². The summed E-state index contributed by atoms with van der Waals surface area (Å²) in [6.45, 7) is 0.978. The van der Waals surface area contributed by atoms with Crippen molar-refractivity contribution in [2.45, 2.75) is 31.7 Å². The number of rotatable bonds is 5. The minimum absolute atomic E-state index is 0.0131. The number of carbonyl (C=O) groups is 1. The number of sulfonamides is 1. The van der Waals surface area contributed by atoms with E-state index in [4.69, 9.17) is 17.3 Å². The van der Waals surface area contributed by atoms with Crippen molar-refractivity contribution in [2.75, 3.05) is 25.1 Å². The van der Waals surface area contributed by atoms with Gasteiger partial charge in [-0.15, -0.1) is 0 Å². The molecule has 0 spiro atoms. The number of benzene rings is 1. The van der Waals surface area contributed by atoms with Crippen LogP contribution in [-0.4, -0.2) is 44.6 Å². The number of anilines is 1. The van der Waals surface area contributed by atoms with E-state index in [0.29, 0.717) is 35.8 Å². The SMILES string of the molecule is CS(=O)(=O)NCCC1CCCCN1C(=O)c1ccc(N)cc1Cl. The molecule has 1 unspecified atom stereocenters. The van der Waals surface area contributed by atoms with Gasteiger partial charge in [0.05, 0.1) is 16.8 Å². The largest absolute Gasteiger partial charge is 0.399 e. The Kier molecular flexibility index (Phi) is 5.89. The summed E-state index contributed by atoms with van der Waals surface area (Å²) in [5.41, 5.74) is 6.61. The third kappa shape index (κ3) is 5.09. The topological polar surface area (TPSA) is 92.5 Å². The van der Waals surface area contributed by atoms with Gasteiger partial charge in [0.1, 0.15) is 0 Å². The summed E-state index contributed by atoms with van der Waals surface area (Å²) in [5, 5.41) is 0.341. The minimum Gasteiger partial charge on any atom is -0.399 e. The van der Waals surface area contributed by atoms with Crippen molar-refractivity contribution in [3.8, 4) is 0 Å². The van der Waals surface area contributed by atoms with Crippen molar-refractivity contribution < 1.29 is 13.2 Å². The first-order valence-corrected chi connectivity index (χ1v) is 9.85. The molecule has 1 fully saturated rings. The lowest BCUT2D eigenvalue weighted by atomic mass is 9.98. The predicted octanol–water partition coefficient (Wildman–Crippen LogP) is 1.86. The Morgan fingerprint density at radius 1 is 1.43 bits per heavy atom. The Morgan fingerprint density at radius 2 is 2.17 bits per heavy atom. The van der Waals surface area contributed by atoms with E-state index in [1.54, 1.807) is 23.1 Å². The van der Waals surface area contributed by atoms with Gasteiger partial charge in [-0.1, -0.05) is 11.6 Å². The standard InChI is InChI=1S/C15H22ClN3O3S/c1-23(21,22)18-8-7-12-4-2-3-9-19(12)15(20)13-6-5-11(17)10-14(13)16/h5-6,10,12,18H,2-4,7-9,17H2,1H3. The molecule has 0 bridgehead atoms.